The van der Waals surface area contributed by atoms with Crippen molar-refractivity contribution < 1.29 is 4.39 Å². The van der Waals surface area contributed by atoms with Crippen molar-refractivity contribution >= 4 is 0 Å². The van der Waals surface area contributed by atoms with Crippen LogP contribution in [-0.2, 0) is 6.42 Å². The minimum absolute atomic E-state index is 0.306. The largest absolute Gasteiger partial charge is 0.325 e. The fourth-order valence-electron chi connectivity index (χ4n) is 1.73. The Morgan fingerprint density at radius 1 is 1.33 bits per heavy atom. The smallest absolute Gasteiger partial charge is 0.140 e. The Kier molecular flexibility index (Phi) is 1.85. The van der Waals surface area contributed by atoms with Gasteiger partial charge in [-0.25, -0.2) is 4.39 Å². The van der Waals surface area contributed by atoms with E-state index in [1.54, 1.807) is 0 Å². The van der Waals surface area contributed by atoms with Crippen LogP contribution in [0.15, 0.2) is 24.3 Å². The van der Waals surface area contributed by atoms with Gasteiger partial charge >= 0.3 is 0 Å². The Morgan fingerprint density at radius 2 is 2.08 bits per heavy atom. The Bertz CT molecular complexity index is 285. The van der Waals surface area contributed by atoms with E-state index in [1.165, 1.54) is 0 Å². The standard InChI is InChI=1S/C10H12FN/c11-10-8-4-2-1-3-7(8)5-6-9(10)12/h1-4,9-10H,5-6,12H2. The van der Waals surface area contributed by atoms with E-state index in [-0.39, 0.29) is 6.04 Å². The van der Waals surface area contributed by atoms with Crippen molar-refractivity contribution in [3.63, 3.8) is 0 Å². The van der Waals surface area contributed by atoms with Crippen molar-refractivity contribution in [1.82, 2.24) is 0 Å². The molecule has 0 aliphatic heterocycles. The molecule has 1 aromatic rings. The summed E-state index contributed by atoms with van der Waals surface area (Å²) in [5.74, 6) is 0. The summed E-state index contributed by atoms with van der Waals surface area (Å²) in [6.45, 7) is 0. The van der Waals surface area contributed by atoms with Gasteiger partial charge in [-0.15, -0.1) is 0 Å². The zero-order valence-corrected chi connectivity index (χ0v) is 6.83. The fraction of sp³-hybridized carbons (Fsp3) is 0.400. The molecule has 12 heavy (non-hydrogen) atoms. The molecule has 0 spiro atoms. The first-order valence-corrected chi connectivity index (χ1v) is 4.26. The van der Waals surface area contributed by atoms with Gasteiger partial charge < -0.3 is 5.73 Å². The van der Waals surface area contributed by atoms with Crippen molar-refractivity contribution in [1.29, 1.82) is 0 Å². The van der Waals surface area contributed by atoms with E-state index in [9.17, 15) is 4.39 Å². The fourth-order valence-corrected chi connectivity index (χ4v) is 1.73. The van der Waals surface area contributed by atoms with Crippen molar-refractivity contribution in [2.24, 2.45) is 5.73 Å². The first-order chi connectivity index (χ1) is 5.79. The van der Waals surface area contributed by atoms with Crippen molar-refractivity contribution in [2.75, 3.05) is 0 Å². The molecule has 0 bridgehead atoms. The second-order valence-electron chi connectivity index (χ2n) is 3.30. The molecule has 0 saturated heterocycles. The number of aryl methyl sites for hydroxylation is 1. The molecule has 0 saturated carbocycles. The second kappa shape index (κ2) is 2.87. The van der Waals surface area contributed by atoms with Gasteiger partial charge in [0, 0.05) is 6.04 Å². The number of benzene rings is 1. The first-order valence-electron chi connectivity index (χ1n) is 4.26. The van der Waals surface area contributed by atoms with Crippen LogP contribution in [0.2, 0.25) is 0 Å². The van der Waals surface area contributed by atoms with Crippen LogP contribution in [0.25, 0.3) is 0 Å². The third-order valence-corrected chi connectivity index (χ3v) is 2.48. The number of hydrogen-bond acceptors (Lipinski definition) is 1. The van der Waals surface area contributed by atoms with Crippen LogP contribution >= 0.6 is 0 Å². The average Bonchev–Trinajstić information content (AvgIpc) is 2.12. The lowest BCUT2D eigenvalue weighted by molar-refractivity contribution is 0.264. The SMILES string of the molecule is NC1CCc2ccccc2C1F. The van der Waals surface area contributed by atoms with Crippen LogP contribution in [0.3, 0.4) is 0 Å². The van der Waals surface area contributed by atoms with Crippen molar-refractivity contribution in [3.8, 4) is 0 Å². The molecular weight excluding hydrogens is 153 g/mol. The highest BCUT2D eigenvalue weighted by Gasteiger charge is 2.25. The molecule has 1 aliphatic carbocycles. The molecule has 0 radical (unpaired) electrons. The molecule has 1 nitrogen and oxygen atoms in total. The molecule has 1 aromatic carbocycles. The summed E-state index contributed by atoms with van der Waals surface area (Å²) in [7, 11) is 0. The van der Waals surface area contributed by atoms with E-state index >= 15 is 0 Å². The Labute approximate surface area is 71.4 Å². The Hall–Kier alpha value is -0.890. The lowest BCUT2D eigenvalue weighted by Gasteiger charge is -2.25. The van der Waals surface area contributed by atoms with E-state index in [0.717, 1.165) is 24.0 Å². The molecular formula is C10H12FN. The van der Waals surface area contributed by atoms with Gasteiger partial charge in [0.15, 0.2) is 0 Å². The summed E-state index contributed by atoms with van der Waals surface area (Å²) in [5.41, 5.74) is 7.52. The van der Waals surface area contributed by atoms with Gasteiger partial charge in [0.05, 0.1) is 0 Å². The topological polar surface area (TPSA) is 26.0 Å². The summed E-state index contributed by atoms with van der Waals surface area (Å²) < 4.78 is 13.4. The predicted octanol–water partition coefficient (Wildman–Crippen LogP) is 1.97. The molecule has 0 fully saturated rings. The van der Waals surface area contributed by atoms with E-state index in [4.69, 9.17) is 5.73 Å². The van der Waals surface area contributed by atoms with Crippen LogP contribution in [0, 0.1) is 0 Å². The molecule has 64 valence electrons. The Morgan fingerprint density at radius 3 is 2.92 bits per heavy atom. The lowest BCUT2D eigenvalue weighted by atomic mass is 9.87. The maximum Gasteiger partial charge on any atom is 0.140 e. The lowest BCUT2D eigenvalue weighted by Crippen LogP contribution is -2.30. The van der Waals surface area contributed by atoms with Crippen LogP contribution in [0.1, 0.15) is 23.7 Å². The zero-order valence-electron chi connectivity index (χ0n) is 6.83. The number of fused-ring (bicyclic) bond motifs is 1. The highest BCUT2D eigenvalue weighted by molar-refractivity contribution is 5.32. The monoisotopic (exact) mass is 165 g/mol. The van der Waals surface area contributed by atoms with Crippen LogP contribution in [0.5, 0.6) is 0 Å². The van der Waals surface area contributed by atoms with Gasteiger partial charge in [-0.2, -0.15) is 0 Å². The molecule has 2 heteroatoms. The maximum absolute atomic E-state index is 13.4. The number of nitrogens with two attached hydrogens (primary N) is 1. The number of hydrogen-bond donors (Lipinski definition) is 1. The van der Waals surface area contributed by atoms with E-state index in [1.807, 2.05) is 24.3 Å². The third-order valence-electron chi connectivity index (χ3n) is 2.48. The van der Waals surface area contributed by atoms with Gasteiger partial charge in [0.25, 0.3) is 0 Å². The quantitative estimate of drug-likeness (QED) is 0.625. The van der Waals surface area contributed by atoms with Crippen molar-refractivity contribution in [2.45, 2.75) is 25.1 Å². The molecule has 2 N–H and O–H groups in total. The van der Waals surface area contributed by atoms with E-state index in [0.29, 0.717) is 0 Å². The van der Waals surface area contributed by atoms with E-state index < -0.39 is 6.17 Å². The number of rotatable bonds is 0. The third kappa shape index (κ3) is 1.12. The zero-order chi connectivity index (χ0) is 8.55. The van der Waals surface area contributed by atoms with Crippen LogP contribution in [-0.4, -0.2) is 6.04 Å². The second-order valence-corrected chi connectivity index (χ2v) is 3.30. The molecule has 1 aliphatic rings. The average molecular weight is 165 g/mol. The molecule has 2 atom stereocenters. The van der Waals surface area contributed by atoms with Crippen molar-refractivity contribution in [3.05, 3.63) is 35.4 Å². The summed E-state index contributed by atoms with van der Waals surface area (Å²) in [5, 5.41) is 0. The molecule has 2 rings (SSSR count). The van der Waals surface area contributed by atoms with Gasteiger partial charge in [0.2, 0.25) is 0 Å². The highest BCUT2D eigenvalue weighted by Crippen LogP contribution is 2.31. The van der Waals surface area contributed by atoms with Gasteiger partial charge in [-0.3, -0.25) is 0 Å². The predicted molar refractivity (Wildman–Crippen MR) is 46.6 cm³/mol. The summed E-state index contributed by atoms with van der Waals surface area (Å²) >= 11 is 0. The minimum Gasteiger partial charge on any atom is -0.325 e. The maximum atomic E-state index is 13.4. The number of alkyl halides is 1. The highest BCUT2D eigenvalue weighted by atomic mass is 19.1. The van der Waals surface area contributed by atoms with Gasteiger partial charge in [-0.05, 0) is 24.0 Å². The van der Waals surface area contributed by atoms with Gasteiger partial charge in [-0.1, -0.05) is 24.3 Å². The molecule has 0 heterocycles. The summed E-state index contributed by atoms with van der Waals surface area (Å²) in [4.78, 5) is 0. The number of halogens is 1. The summed E-state index contributed by atoms with van der Waals surface area (Å²) in [6.07, 6.45) is 0.714. The minimum atomic E-state index is -0.963. The summed E-state index contributed by atoms with van der Waals surface area (Å²) in [6, 6.07) is 7.32. The van der Waals surface area contributed by atoms with Gasteiger partial charge in [0.1, 0.15) is 6.17 Å². The Balaban J connectivity index is 2.42. The normalized spacial score (nSPS) is 28.2. The first kappa shape index (κ1) is 7.74. The van der Waals surface area contributed by atoms with E-state index in [2.05, 4.69) is 0 Å². The van der Waals surface area contributed by atoms with Crippen LogP contribution < -0.4 is 5.73 Å². The molecule has 0 amide bonds. The molecule has 2 unspecified atom stereocenters. The molecule has 0 aromatic heterocycles. The van der Waals surface area contributed by atoms with Crippen LogP contribution in [0.4, 0.5) is 4.39 Å².